The highest BCUT2D eigenvalue weighted by atomic mass is 19.1. The SMILES string of the molecule is NC1(CNC(=O)c2cc(F)cc([N+](=O)[O-])c2)CCCCC1. The van der Waals surface area contributed by atoms with E-state index < -0.39 is 27.9 Å². The second-order valence-electron chi connectivity index (χ2n) is 5.56. The first-order valence-electron chi connectivity index (χ1n) is 6.92. The summed E-state index contributed by atoms with van der Waals surface area (Å²) in [6.07, 6.45) is 4.85. The smallest absolute Gasteiger partial charge is 0.273 e. The molecule has 2 rings (SSSR count). The van der Waals surface area contributed by atoms with Crippen molar-refractivity contribution < 1.29 is 14.1 Å². The fourth-order valence-electron chi connectivity index (χ4n) is 2.60. The second kappa shape index (κ2) is 6.17. The Hall–Kier alpha value is -2.02. The number of rotatable bonds is 4. The Morgan fingerprint density at radius 3 is 2.62 bits per heavy atom. The summed E-state index contributed by atoms with van der Waals surface area (Å²) in [6, 6.07) is 2.82. The molecule has 0 radical (unpaired) electrons. The fourth-order valence-corrected chi connectivity index (χ4v) is 2.60. The maximum Gasteiger partial charge on any atom is 0.273 e. The molecule has 0 unspecified atom stereocenters. The van der Waals surface area contributed by atoms with Gasteiger partial charge >= 0.3 is 0 Å². The average Bonchev–Trinajstić information content (AvgIpc) is 2.45. The Labute approximate surface area is 121 Å². The molecule has 0 bridgehead atoms. The summed E-state index contributed by atoms with van der Waals surface area (Å²) in [6.45, 7) is 0.288. The minimum absolute atomic E-state index is 0.0684. The number of benzene rings is 1. The van der Waals surface area contributed by atoms with E-state index in [0.29, 0.717) is 0 Å². The Morgan fingerprint density at radius 1 is 1.33 bits per heavy atom. The molecule has 0 atom stereocenters. The van der Waals surface area contributed by atoms with Gasteiger partial charge in [0.15, 0.2) is 0 Å². The van der Waals surface area contributed by atoms with Gasteiger partial charge in [-0.1, -0.05) is 19.3 Å². The second-order valence-corrected chi connectivity index (χ2v) is 5.56. The van der Waals surface area contributed by atoms with Crippen molar-refractivity contribution in [3.63, 3.8) is 0 Å². The van der Waals surface area contributed by atoms with Crippen molar-refractivity contribution in [3.8, 4) is 0 Å². The summed E-state index contributed by atoms with van der Waals surface area (Å²) >= 11 is 0. The third kappa shape index (κ3) is 3.98. The van der Waals surface area contributed by atoms with Gasteiger partial charge in [-0.15, -0.1) is 0 Å². The Bertz CT molecular complexity index is 556. The molecule has 7 heteroatoms. The van der Waals surface area contributed by atoms with Crippen LogP contribution in [-0.2, 0) is 0 Å². The molecule has 1 aromatic rings. The highest BCUT2D eigenvalue weighted by Gasteiger charge is 2.28. The molecule has 0 heterocycles. The van der Waals surface area contributed by atoms with Crippen LogP contribution in [-0.4, -0.2) is 22.9 Å². The molecule has 0 saturated heterocycles. The molecule has 6 nitrogen and oxygen atoms in total. The van der Waals surface area contributed by atoms with Gasteiger partial charge in [0.25, 0.3) is 11.6 Å². The van der Waals surface area contributed by atoms with Crippen molar-refractivity contribution in [2.24, 2.45) is 5.73 Å². The fraction of sp³-hybridized carbons (Fsp3) is 0.500. The van der Waals surface area contributed by atoms with Crippen molar-refractivity contribution in [3.05, 3.63) is 39.7 Å². The van der Waals surface area contributed by atoms with E-state index in [1.165, 1.54) is 0 Å². The molecule has 1 aromatic carbocycles. The van der Waals surface area contributed by atoms with Gasteiger partial charge < -0.3 is 11.1 Å². The van der Waals surface area contributed by atoms with Gasteiger partial charge in [0.1, 0.15) is 5.82 Å². The average molecular weight is 295 g/mol. The lowest BCUT2D eigenvalue weighted by Gasteiger charge is -2.33. The normalized spacial score (nSPS) is 17.2. The molecule has 0 aliphatic heterocycles. The van der Waals surface area contributed by atoms with Crippen LogP contribution in [0.2, 0.25) is 0 Å². The van der Waals surface area contributed by atoms with Gasteiger partial charge in [-0.2, -0.15) is 0 Å². The molecular formula is C14H18FN3O3. The maximum atomic E-state index is 13.3. The van der Waals surface area contributed by atoms with Crippen LogP contribution in [0, 0.1) is 15.9 Å². The first-order valence-corrected chi connectivity index (χ1v) is 6.92. The molecular weight excluding hydrogens is 277 g/mol. The zero-order valence-corrected chi connectivity index (χ0v) is 11.6. The van der Waals surface area contributed by atoms with Gasteiger partial charge in [-0.3, -0.25) is 14.9 Å². The molecule has 21 heavy (non-hydrogen) atoms. The molecule has 1 aliphatic carbocycles. The quantitative estimate of drug-likeness (QED) is 0.656. The zero-order chi connectivity index (χ0) is 15.5. The van der Waals surface area contributed by atoms with E-state index in [1.807, 2.05) is 0 Å². The molecule has 0 aromatic heterocycles. The van der Waals surface area contributed by atoms with Crippen LogP contribution in [0.5, 0.6) is 0 Å². The molecule has 114 valence electrons. The van der Waals surface area contributed by atoms with E-state index in [2.05, 4.69) is 5.32 Å². The lowest BCUT2D eigenvalue weighted by Crippen LogP contribution is -2.51. The summed E-state index contributed by atoms with van der Waals surface area (Å²) in [5.74, 6) is -1.36. The van der Waals surface area contributed by atoms with Crippen molar-refractivity contribution in [1.29, 1.82) is 0 Å². The molecule has 1 aliphatic rings. The minimum Gasteiger partial charge on any atom is -0.350 e. The number of halogens is 1. The number of amides is 1. The predicted molar refractivity (Wildman–Crippen MR) is 75.4 cm³/mol. The summed E-state index contributed by atoms with van der Waals surface area (Å²) in [5, 5.41) is 13.3. The number of carbonyl (C=O) groups excluding carboxylic acids is 1. The van der Waals surface area contributed by atoms with E-state index >= 15 is 0 Å². The van der Waals surface area contributed by atoms with Crippen LogP contribution in [0.15, 0.2) is 18.2 Å². The number of nitro benzene ring substituents is 1. The van der Waals surface area contributed by atoms with E-state index in [-0.39, 0.29) is 12.1 Å². The van der Waals surface area contributed by atoms with Gasteiger partial charge in [0.05, 0.1) is 11.0 Å². The molecule has 0 spiro atoms. The number of carbonyl (C=O) groups is 1. The lowest BCUT2D eigenvalue weighted by atomic mass is 9.82. The molecule has 1 amide bonds. The summed E-state index contributed by atoms with van der Waals surface area (Å²) in [7, 11) is 0. The number of hydrogen-bond donors (Lipinski definition) is 2. The Kier molecular flexibility index (Phi) is 4.52. The van der Waals surface area contributed by atoms with E-state index in [9.17, 15) is 19.3 Å². The topological polar surface area (TPSA) is 98.3 Å². The number of hydrogen-bond acceptors (Lipinski definition) is 4. The highest BCUT2D eigenvalue weighted by Crippen LogP contribution is 2.25. The first kappa shape index (κ1) is 15.4. The highest BCUT2D eigenvalue weighted by molar-refractivity contribution is 5.94. The van der Waals surface area contributed by atoms with Crippen LogP contribution in [0.4, 0.5) is 10.1 Å². The number of non-ortho nitro benzene ring substituents is 1. The molecule has 1 saturated carbocycles. The van der Waals surface area contributed by atoms with Crippen molar-refractivity contribution in [1.82, 2.24) is 5.32 Å². The number of nitro groups is 1. The van der Waals surface area contributed by atoms with Crippen LogP contribution in [0.25, 0.3) is 0 Å². The largest absolute Gasteiger partial charge is 0.350 e. The van der Waals surface area contributed by atoms with Gasteiger partial charge in [-0.05, 0) is 18.9 Å². The first-order chi connectivity index (χ1) is 9.89. The van der Waals surface area contributed by atoms with Crippen LogP contribution >= 0.6 is 0 Å². The van der Waals surface area contributed by atoms with Gasteiger partial charge in [0.2, 0.25) is 0 Å². The predicted octanol–water partition coefficient (Wildman–Crippen LogP) is 2.13. The van der Waals surface area contributed by atoms with Crippen molar-refractivity contribution in [2.75, 3.05) is 6.54 Å². The molecule has 3 N–H and O–H groups in total. The van der Waals surface area contributed by atoms with E-state index in [1.54, 1.807) is 0 Å². The third-order valence-electron chi connectivity index (χ3n) is 3.81. The zero-order valence-electron chi connectivity index (χ0n) is 11.6. The maximum absolute atomic E-state index is 13.3. The Morgan fingerprint density at radius 2 is 2.00 bits per heavy atom. The van der Waals surface area contributed by atoms with Crippen LogP contribution in [0.3, 0.4) is 0 Å². The number of nitrogens with two attached hydrogens (primary N) is 1. The summed E-state index contributed by atoms with van der Waals surface area (Å²) in [5.41, 5.74) is 5.25. The third-order valence-corrected chi connectivity index (χ3v) is 3.81. The summed E-state index contributed by atoms with van der Waals surface area (Å²) < 4.78 is 13.3. The number of nitrogens with one attached hydrogen (secondary N) is 1. The van der Waals surface area contributed by atoms with E-state index in [0.717, 1.165) is 50.3 Å². The van der Waals surface area contributed by atoms with Crippen molar-refractivity contribution >= 4 is 11.6 Å². The monoisotopic (exact) mass is 295 g/mol. The number of nitrogens with zero attached hydrogens (tertiary/aromatic N) is 1. The summed E-state index contributed by atoms with van der Waals surface area (Å²) in [4.78, 5) is 21.9. The van der Waals surface area contributed by atoms with Crippen molar-refractivity contribution in [2.45, 2.75) is 37.6 Å². The lowest BCUT2D eigenvalue weighted by molar-refractivity contribution is -0.385. The van der Waals surface area contributed by atoms with E-state index in [4.69, 9.17) is 5.73 Å². The van der Waals surface area contributed by atoms with Gasteiger partial charge in [-0.25, -0.2) is 4.39 Å². The van der Waals surface area contributed by atoms with Gasteiger partial charge in [0, 0.05) is 23.7 Å². The minimum atomic E-state index is -0.811. The standard InChI is InChI=1S/C14H18FN3O3/c15-11-6-10(7-12(8-11)18(20)21)13(19)17-9-14(16)4-2-1-3-5-14/h6-8H,1-5,9,16H2,(H,17,19). The Balaban J connectivity index is 2.04. The van der Waals surface area contributed by atoms with Crippen LogP contribution < -0.4 is 11.1 Å². The molecule has 1 fully saturated rings. The van der Waals surface area contributed by atoms with Crippen LogP contribution in [0.1, 0.15) is 42.5 Å².